The molecule has 0 saturated carbocycles. The number of hydrogen-bond acceptors (Lipinski definition) is 4. The van der Waals surface area contributed by atoms with Crippen LogP contribution in [0.2, 0.25) is 0 Å². The van der Waals surface area contributed by atoms with Crippen LogP contribution in [0.3, 0.4) is 0 Å². The maximum absolute atomic E-state index is 11.1. The SMILES string of the molecule is CCCC(=O)O[C@@H](C)CCCCOC(C)=O. The van der Waals surface area contributed by atoms with Crippen molar-refractivity contribution in [3.8, 4) is 0 Å². The lowest BCUT2D eigenvalue weighted by atomic mass is 10.2. The lowest BCUT2D eigenvalue weighted by Crippen LogP contribution is -2.14. The van der Waals surface area contributed by atoms with Crippen LogP contribution in [0.15, 0.2) is 0 Å². The van der Waals surface area contributed by atoms with Crippen molar-refractivity contribution in [1.82, 2.24) is 0 Å². The van der Waals surface area contributed by atoms with E-state index in [1.807, 2.05) is 13.8 Å². The van der Waals surface area contributed by atoms with Crippen molar-refractivity contribution in [2.75, 3.05) is 6.61 Å². The van der Waals surface area contributed by atoms with Gasteiger partial charge >= 0.3 is 11.9 Å². The topological polar surface area (TPSA) is 52.6 Å². The summed E-state index contributed by atoms with van der Waals surface area (Å²) in [6.07, 6.45) is 3.78. The highest BCUT2D eigenvalue weighted by molar-refractivity contribution is 5.69. The van der Waals surface area contributed by atoms with Gasteiger partial charge < -0.3 is 9.47 Å². The Morgan fingerprint density at radius 3 is 2.50 bits per heavy atom. The highest BCUT2D eigenvalue weighted by Gasteiger charge is 2.07. The molecule has 0 aromatic rings. The Kier molecular flexibility index (Phi) is 8.58. The van der Waals surface area contributed by atoms with Gasteiger partial charge in [-0.1, -0.05) is 6.92 Å². The van der Waals surface area contributed by atoms with E-state index in [0.29, 0.717) is 13.0 Å². The Labute approximate surface area is 97.3 Å². The molecule has 0 aromatic carbocycles. The molecule has 0 aromatic heterocycles. The molecule has 0 spiro atoms. The zero-order valence-corrected chi connectivity index (χ0v) is 10.5. The van der Waals surface area contributed by atoms with E-state index < -0.39 is 0 Å². The summed E-state index contributed by atoms with van der Waals surface area (Å²) in [5.41, 5.74) is 0. The van der Waals surface area contributed by atoms with Gasteiger partial charge in [-0.3, -0.25) is 9.59 Å². The van der Waals surface area contributed by atoms with Gasteiger partial charge in [0.25, 0.3) is 0 Å². The van der Waals surface area contributed by atoms with Gasteiger partial charge in [-0.25, -0.2) is 0 Å². The highest BCUT2D eigenvalue weighted by atomic mass is 16.5. The van der Waals surface area contributed by atoms with Crippen LogP contribution in [0, 0.1) is 0 Å². The van der Waals surface area contributed by atoms with Crippen molar-refractivity contribution in [1.29, 1.82) is 0 Å². The van der Waals surface area contributed by atoms with E-state index in [9.17, 15) is 9.59 Å². The summed E-state index contributed by atoms with van der Waals surface area (Å²) in [6, 6.07) is 0. The van der Waals surface area contributed by atoms with E-state index in [2.05, 4.69) is 0 Å². The smallest absolute Gasteiger partial charge is 0.306 e. The minimum Gasteiger partial charge on any atom is -0.466 e. The summed E-state index contributed by atoms with van der Waals surface area (Å²) in [5.74, 6) is -0.377. The third-order valence-electron chi connectivity index (χ3n) is 2.10. The molecule has 0 aliphatic carbocycles. The first-order valence-corrected chi connectivity index (χ1v) is 5.89. The van der Waals surface area contributed by atoms with Gasteiger partial charge in [0.05, 0.1) is 12.7 Å². The van der Waals surface area contributed by atoms with Crippen molar-refractivity contribution in [2.24, 2.45) is 0 Å². The van der Waals surface area contributed by atoms with Crippen LogP contribution < -0.4 is 0 Å². The fraction of sp³-hybridized carbons (Fsp3) is 0.833. The molecule has 0 rings (SSSR count). The first-order chi connectivity index (χ1) is 7.56. The van der Waals surface area contributed by atoms with Crippen LogP contribution in [0.25, 0.3) is 0 Å². The van der Waals surface area contributed by atoms with Gasteiger partial charge in [-0.2, -0.15) is 0 Å². The number of rotatable bonds is 8. The van der Waals surface area contributed by atoms with Crippen LogP contribution in [-0.4, -0.2) is 24.6 Å². The van der Waals surface area contributed by atoms with E-state index in [0.717, 1.165) is 25.7 Å². The fourth-order valence-corrected chi connectivity index (χ4v) is 1.30. The van der Waals surface area contributed by atoms with Gasteiger partial charge in [0.2, 0.25) is 0 Å². The van der Waals surface area contributed by atoms with Crippen LogP contribution in [0.5, 0.6) is 0 Å². The molecular weight excluding hydrogens is 208 g/mol. The molecule has 0 N–H and O–H groups in total. The zero-order valence-electron chi connectivity index (χ0n) is 10.5. The molecule has 0 amide bonds. The van der Waals surface area contributed by atoms with Crippen LogP contribution in [-0.2, 0) is 19.1 Å². The van der Waals surface area contributed by atoms with E-state index in [1.54, 1.807) is 0 Å². The third kappa shape index (κ3) is 9.49. The molecule has 0 radical (unpaired) electrons. The molecule has 0 unspecified atom stereocenters. The lowest BCUT2D eigenvalue weighted by molar-refractivity contribution is -0.148. The Bertz CT molecular complexity index is 213. The number of carbonyl (C=O) groups is 2. The van der Waals surface area contributed by atoms with E-state index in [1.165, 1.54) is 6.92 Å². The van der Waals surface area contributed by atoms with E-state index >= 15 is 0 Å². The average molecular weight is 230 g/mol. The molecule has 0 heterocycles. The van der Waals surface area contributed by atoms with E-state index in [-0.39, 0.29) is 18.0 Å². The predicted octanol–water partition coefficient (Wildman–Crippen LogP) is 2.45. The molecule has 4 heteroatoms. The zero-order chi connectivity index (χ0) is 12.4. The summed E-state index contributed by atoms with van der Waals surface area (Å²) < 4.78 is 9.97. The summed E-state index contributed by atoms with van der Waals surface area (Å²) in [6.45, 7) is 5.69. The van der Waals surface area contributed by atoms with Crippen molar-refractivity contribution < 1.29 is 19.1 Å². The van der Waals surface area contributed by atoms with Crippen LogP contribution in [0.1, 0.15) is 52.9 Å². The summed E-state index contributed by atoms with van der Waals surface area (Å²) in [5, 5.41) is 0. The molecular formula is C12H22O4. The maximum atomic E-state index is 11.1. The minimum absolute atomic E-state index is 0.0450. The summed E-state index contributed by atoms with van der Waals surface area (Å²) in [7, 11) is 0. The Morgan fingerprint density at radius 2 is 1.94 bits per heavy atom. The van der Waals surface area contributed by atoms with Crippen molar-refractivity contribution >= 4 is 11.9 Å². The molecule has 1 atom stereocenters. The van der Waals surface area contributed by atoms with Gasteiger partial charge in [0.15, 0.2) is 0 Å². The molecule has 0 aliphatic heterocycles. The Morgan fingerprint density at radius 1 is 1.25 bits per heavy atom. The molecule has 4 nitrogen and oxygen atoms in total. The van der Waals surface area contributed by atoms with E-state index in [4.69, 9.17) is 9.47 Å². The van der Waals surface area contributed by atoms with Gasteiger partial charge in [0.1, 0.15) is 0 Å². The van der Waals surface area contributed by atoms with Gasteiger partial charge in [0, 0.05) is 13.3 Å². The van der Waals surface area contributed by atoms with Crippen molar-refractivity contribution in [3.63, 3.8) is 0 Å². The second-order valence-electron chi connectivity index (χ2n) is 3.89. The van der Waals surface area contributed by atoms with Crippen LogP contribution in [0.4, 0.5) is 0 Å². The second kappa shape index (κ2) is 9.19. The predicted molar refractivity (Wildman–Crippen MR) is 60.9 cm³/mol. The summed E-state index contributed by atoms with van der Waals surface area (Å²) in [4.78, 5) is 21.6. The second-order valence-corrected chi connectivity index (χ2v) is 3.89. The molecule has 0 fully saturated rings. The summed E-state index contributed by atoms with van der Waals surface area (Å²) >= 11 is 0. The number of ether oxygens (including phenoxy) is 2. The first-order valence-electron chi connectivity index (χ1n) is 5.89. The molecule has 0 bridgehead atoms. The number of carbonyl (C=O) groups excluding carboxylic acids is 2. The first kappa shape index (κ1) is 14.9. The molecule has 16 heavy (non-hydrogen) atoms. The Balaban J connectivity index is 3.39. The fourth-order valence-electron chi connectivity index (χ4n) is 1.30. The highest BCUT2D eigenvalue weighted by Crippen LogP contribution is 2.06. The largest absolute Gasteiger partial charge is 0.466 e. The average Bonchev–Trinajstić information content (AvgIpc) is 2.16. The van der Waals surface area contributed by atoms with Crippen molar-refractivity contribution in [3.05, 3.63) is 0 Å². The van der Waals surface area contributed by atoms with Gasteiger partial charge in [-0.05, 0) is 32.6 Å². The maximum Gasteiger partial charge on any atom is 0.306 e. The normalized spacial score (nSPS) is 11.9. The monoisotopic (exact) mass is 230 g/mol. The standard InChI is InChI=1S/C12H22O4/c1-4-7-12(14)16-10(2)8-5-6-9-15-11(3)13/h10H,4-9H2,1-3H3/t10-/m0/s1. The molecule has 0 aliphatic rings. The molecule has 94 valence electrons. The molecule has 0 saturated heterocycles. The van der Waals surface area contributed by atoms with Crippen molar-refractivity contribution in [2.45, 2.75) is 59.0 Å². The quantitative estimate of drug-likeness (QED) is 0.475. The van der Waals surface area contributed by atoms with Gasteiger partial charge in [-0.15, -0.1) is 0 Å². The Hall–Kier alpha value is -1.06. The number of hydrogen-bond donors (Lipinski definition) is 0. The van der Waals surface area contributed by atoms with Crippen LogP contribution >= 0.6 is 0 Å². The third-order valence-corrected chi connectivity index (χ3v) is 2.10. The number of unbranched alkanes of at least 4 members (excludes halogenated alkanes) is 1. The minimum atomic E-state index is -0.248. The number of esters is 2. The lowest BCUT2D eigenvalue weighted by Gasteiger charge is -2.12.